The molecule has 2 heterocycles. The predicted molar refractivity (Wildman–Crippen MR) is 70.9 cm³/mol. The van der Waals surface area contributed by atoms with Crippen molar-refractivity contribution < 1.29 is 4.79 Å². The van der Waals surface area contributed by atoms with Crippen LogP contribution in [0.25, 0.3) is 0 Å². The summed E-state index contributed by atoms with van der Waals surface area (Å²) in [5, 5.41) is 0. The Morgan fingerprint density at radius 1 is 1.41 bits per heavy atom. The number of carbonyl (C=O) groups is 1. The summed E-state index contributed by atoms with van der Waals surface area (Å²) >= 11 is 3.39. The average Bonchev–Trinajstić information content (AvgIpc) is 2.29. The number of aromatic nitrogens is 1. The van der Waals surface area contributed by atoms with E-state index in [-0.39, 0.29) is 5.91 Å². The number of halogens is 1. The summed E-state index contributed by atoms with van der Waals surface area (Å²) in [7, 11) is 0. The van der Waals surface area contributed by atoms with Crippen molar-refractivity contribution in [3.8, 4) is 0 Å². The van der Waals surface area contributed by atoms with Gasteiger partial charge in [-0.25, -0.2) is 4.98 Å². The molecule has 1 aromatic rings. The van der Waals surface area contributed by atoms with Gasteiger partial charge >= 0.3 is 0 Å². The molecule has 2 unspecified atom stereocenters. The van der Waals surface area contributed by atoms with Crippen LogP contribution in [0.1, 0.15) is 43.6 Å². The number of hydrogen-bond acceptors (Lipinski definition) is 2. The van der Waals surface area contributed by atoms with Gasteiger partial charge in [-0.05, 0) is 61.2 Å². The summed E-state index contributed by atoms with van der Waals surface area (Å²) in [5.74, 6) is 0.0391. The predicted octanol–water partition coefficient (Wildman–Crippen LogP) is 3.25. The van der Waals surface area contributed by atoms with Gasteiger partial charge in [-0.3, -0.25) is 4.79 Å². The molecule has 4 heteroatoms. The molecule has 0 aromatic carbocycles. The third kappa shape index (κ3) is 2.51. The third-order valence-corrected chi connectivity index (χ3v) is 4.03. The van der Waals surface area contributed by atoms with Gasteiger partial charge < -0.3 is 4.90 Å². The molecule has 1 amide bonds. The Balaban J connectivity index is 2.27. The van der Waals surface area contributed by atoms with Crippen LogP contribution in [-0.2, 0) is 0 Å². The van der Waals surface area contributed by atoms with E-state index in [1.54, 1.807) is 6.20 Å². The first-order valence-corrected chi connectivity index (χ1v) is 6.83. The van der Waals surface area contributed by atoms with Crippen LogP contribution in [0, 0.1) is 0 Å². The second-order valence-electron chi connectivity index (χ2n) is 4.68. The molecule has 0 saturated carbocycles. The maximum Gasteiger partial charge on any atom is 0.274 e. The highest BCUT2D eigenvalue weighted by Crippen LogP contribution is 2.26. The molecule has 0 radical (unpaired) electrons. The second kappa shape index (κ2) is 5.17. The Hall–Kier alpha value is -0.900. The number of nitrogens with zero attached hydrogens (tertiary/aromatic N) is 2. The lowest BCUT2D eigenvalue weighted by molar-refractivity contribution is 0.0503. The quantitative estimate of drug-likeness (QED) is 0.797. The SMILES string of the molecule is CC1CCCC(C)N1C(=O)c1ncccc1Br. The van der Waals surface area contributed by atoms with Crippen LogP contribution in [0.15, 0.2) is 22.8 Å². The number of piperidine rings is 1. The molecule has 0 N–H and O–H groups in total. The van der Waals surface area contributed by atoms with Crippen LogP contribution in [0.3, 0.4) is 0 Å². The van der Waals surface area contributed by atoms with Crippen molar-refractivity contribution in [3.05, 3.63) is 28.5 Å². The molecule has 2 atom stereocenters. The molecular weight excluding hydrogens is 280 g/mol. The van der Waals surface area contributed by atoms with Crippen LogP contribution in [0.5, 0.6) is 0 Å². The van der Waals surface area contributed by atoms with E-state index in [1.807, 2.05) is 17.0 Å². The first kappa shape index (κ1) is 12.6. The fourth-order valence-corrected chi connectivity index (χ4v) is 2.91. The fourth-order valence-electron chi connectivity index (χ4n) is 2.49. The van der Waals surface area contributed by atoms with Crippen molar-refractivity contribution in [1.82, 2.24) is 9.88 Å². The van der Waals surface area contributed by atoms with E-state index in [9.17, 15) is 4.79 Å². The molecular formula is C13H17BrN2O. The van der Waals surface area contributed by atoms with Gasteiger partial charge in [0.05, 0.1) is 0 Å². The Morgan fingerprint density at radius 2 is 2.06 bits per heavy atom. The first-order valence-electron chi connectivity index (χ1n) is 6.04. The van der Waals surface area contributed by atoms with Crippen LogP contribution < -0.4 is 0 Å². The molecule has 2 rings (SSSR count). The van der Waals surface area contributed by atoms with E-state index in [4.69, 9.17) is 0 Å². The van der Waals surface area contributed by atoms with Crippen LogP contribution in [0.4, 0.5) is 0 Å². The number of likely N-dealkylation sites (tertiary alicyclic amines) is 1. The van der Waals surface area contributed by atoms with Gasteiger partial charge in [0.2, 0.25) is 0 Å². The molecule has 1 fully saturated rings. The Morgan fingerprint density at radius 3 is 2.65 bits per heavy atom. The molecule has 0 spiro atoms. The standard InChI is InChI=1S/C13H17BrN2O/c1-9-5-3-6-10(2)16(9)13(17)12-11(14)7-4-8-15-12/h4,7-10H,3,5-6H2,1-2H3. The van der Waals surface area contributed by atoms with Crippen molar-refractivity contribution >= 4 is 21.8 Å². The molecule has 0 aliphatic carbocycles. The summed E-state index contributed by atoms with van der Waals surface area (Å²) in [4.78, 5) is 18.6. The lowest BCUT2D eigenvalue weighted by Gasteiger charge is -2.38. The first-order chi connectivity index (χ1) is 8.11. The lowest BCUT2D eigenvalue weighted by atomic mass is 9.97. The Labute approximate surface area is 110 Å². The monoisotopic (exact) mass is 296 g/mol. The van der Waals surface area contributed by atoms with Crippen LogP contribution in [-0.4, -0.2) is 27.9 Å². The normalized spacial score (nSPS) is 24.8. The zero-order valence-corrected chi connectivity index (χ0v) is 11.8. The number of hydrogen-bond donors (Lipinski definition) is 0. The highest BCUT2D eigenvalue weighted by molar-refractivity contribution is 9.10. The van der Waals surface area contributed by atoms with E-state index in [0.717, 1.165) is 17.3 Å². The number of rotatable bonds is 1. The lowest BCUT2D eigenvalue weighted by Crippen LogP contribution is -2.47. The van der Waals surface area contributed by atoms with Crippen LogP contribution in [0.2, 0.25) is 0 Å². The highest BCUT2D eigenvalue weighted by atomic mass is 79.9. The highest BCUT2D eigenvalue weighted by Gasteiger charge is 2.30. The third-order valence-electron chi connectivity index (χ3n) is 3.39. The summed E-state index contributed by atoms with van der Waals surface area (Å²) in [5.41, 5.74) is 0.521. The summed E-state index contributed by atoms with van der Waals surface area (Å²) in [6, 6.07) is 4.30. The van der Waals surface area contributed by atoms with E-state index >= 15 is 0 Å². The van der Waals surface area contributed by atoms with Gasteiger partial charge in [0, 0.05) is 22.8 Å². The largest absolute Gasteiger partial charge is 0.332 e. The molecule has 3 nitrogen and oxygen atoms in total. The van der Waals surface area contributed by atoms with Crippen molar-refractivity contribution in [2.45, 2.75) is 45.2 Å². The van der Waals surface area contributed by atoms with Gasteiger partial charge in [-0.15, -0.1) is 0 Å². The van der Waals surface area contributed by atoms with Gasteiger partial charge in [0.1, 0.15) is 5.69 Å². The van der Waals surface area contributed by atoms with Crippen molar-refractivity contribution in [2.24, 2.45) is 0 Å². The minimum atomic E-state index is 0.0391. The second-order valence-corrected chi connectivity index (χ2v) is 5.53. The molecule has 1 aliphatic heterocycles. The maximum absolute atomic E-state index is 12.5. The molecule has 0 bridgehead atoms. The Kier molecular flexibility index (Phi) is 3.82. The maximum atomic E-state index is 12.5. The smallest absolute Gasteiger partial charge is 0.274 e. The minimum Gasteiger partial charge on any atom is -0.332 e. The summed E-state index contributed by atoms with van der Waals surface area (Å²) in [6.07, 6.45) is 5.04. The molecule has 17 heavy (non-hydrogen) atoms. The zero-order chi connectivity index (χ0) is 12.4. The van der Waals surface area contributed by atoms with Gasteiger partial charge in [-0.1, -0.05) is 0 Å². The topological polar surface area (TPSA) is 33.2 Å². The van der Waals surface area contributed by atoms with E-state index < -0.39 is 0 Å². The minimum absolute atomic E-state index is 0.0391. The number of pyridine rings is 1. The molecule has 1 aromatic heterocycles. The van der Waals surface area contributed by atoms with E-state index in [0.29, 0.717) is 17.8 Å². The van der Waals surface area contributed by atoms with Gasteiger partial charge in [-0.2, -0.15) is 0 Å². The Bertz CT molecular complexity index is 412. The number of carbonyl (C=O) groups excluding carboxylic acids is 1. The summed E-state index contributed by atoms with van der Waals surface area (Å²) in [6.45, 7) is 4.23. The number of amides is 1. The molecule has 92 valence electrons. The molecule has 1 aliphatic rings. The van der Waals surface area contributed by atoms with Gasteiger partial charge in [0.15, 0.2) is 0 Å². The van der Waals surface area contributed by atoms with Crippen molar-refractivity contribution in [3.63, 3.8) is 0 Å². The summed E-state index contributed by atoms with van der Waals surface area (Å²) < 4.78 is 0.773. The zero-order valence-electron chi connectivity index (χ0n) is 10.2. The fraction of sp³-hybridized carbons (Fsp3) is 0.538. The van der Waals surface area contributed by atoms with Crippen LogP contribution >= 0.6 is 15.9 Å². The van der Waals surface area contributed by atoms with Gasteiger partial charge in [0.25, 0.3) is 5.91 Å². The average molecular weight is 297 g/mol. The van der Waals surface area contributed by atoms with E-state index in [1.165, 1.54) is 6.42 Å². The van der Waals surface area contributed by atoms with Crippen molar-refractivity contribution in [2.75, 3.05) is 0 Å². The molecule has 1 saturated heterocycles. The van der Waals surface area contributed by atoms with Crippen molar-refractivity contribution in [1.29, 1.82) is 0 Å². The van der Waals surface area contributed by atoms with E-state index in [2.05, 4.69) is 34.8 Å².